The summed E-state index contributed by atoms with van der Waals surface area (Å²) in [5.41, 5.74) is 1.61. The molecule has 0 radical (unpaired) electrons. The van der Waals surface area contributed by atoms with E-state index in [0.29, 0.717) is 42.5 Å². The summed E-state index contributed by atoms with van der Waals surface area (Å²) in [6, 6.07) is 11.2. The van der Waals surface area contributed by atoms with Crippen LogP contribution in [-0.2, 0) is 11.2 Å². The normalized spacial score (nSPS) is 17.5. The number of amides is 2. The highest BCUT2D eigenvalue weighted by Gasteiger charge is 2.26. The van der Waals surface area contributed by atoms with Crippen LogP contribution in [0.1, 0.15) is 41.7 Å². The first-order chi connectivity index (χ1) is 15.1. The lowest BCUT2D eigenvalue weighted by Crippen LogP contribution is -2.40. The molecule has 1 saturated heterocycles. The third-order valence-corrected chi connectivity index (χ3v) is 6.05. The molecule has 0 bridgehead atoms. The molecule has 1 aromatic carbocycles. The molecule has 2 aromatic rings. The zero-order chi connectivity index (χ0) is 21.6. The lowest BCUT2D eigenvalue weighted by Gasteiger charge is -2.33. The van der Waals surface area contributed by atoms with Crippen molar-refractivity contribution in [3.05, 3.63) is 53.9 Å². The Morgan fingerprint density at radius 1 is 1.19 bits per heavy atom. The molecule has 164 valence electrons. The van der Waals surface area contributed by atoms with Crippen molar-refractivity contribution in [1.29, 1.82) is 0 Å². The highest BCUT2D eigenvalue weighted by molar-refractivity contribution is 5.95. The summed E-state index contributed by atoms with van der Waals surface area (Å²) < 4.78 is 10.7. The lowest BCUT2D eigenvalue weighted by atomic mass is 9.92. The van der Waals surface area contributed by atoms with Crippen molar-refractivity contribution in [2.45, 2.75) is 32.1 Å². The number of carbonyl (C=O) groups excluding carboxylic acids is 2. The number of nitrogens with zero attached hydrogens (tertiary/aromatic N) is 3. The van der Waals surface area contributed by atoms with Crippen LogP contribution >= 0.6 is 0 Å². The van der Waals surface area contributed by atoms with Gasteiger partial charge in [-0.15, -0.1) is 0 Å². The van der Waals surface area contributed by atoms with Gasteiger partial charge in [-0.2, -0.15) is 0 Å². The quantitative estimate of drug-likeness (QED) is 0.684. The summed E-state index contributed by atoms with van der Waals surface area (Å²) in [5.74, 6) is 1.81. The molecule has 31 heavy (non-hydrogen) atoms. The molecule has 0 saturated carbocycles. The van der Waals surface area contributed by atoms with E-state index in [1.165, 1.54) is 0 Å². The zero-order valence-electron chi connectivity index (χ0n) is 18.0. The number of carbonyl (C=O) groups is 2. The average Bonchev–Trinajstić information content (AvgIpc) is 3.29. The van der Waals surface area contributed by atoms with Gasteiger partial charge in [0.05, 0.1) is 0 Å². The van der Waals surface area contributed by atoms with Crippen molar-refractivity contribution in [3.63, 3.8) is 0 Å². The summed E-state index contributed by atoms with van der Waals surface area (Å²) in [6.45, 7) is 2.30. The molecule has 0 aliphatic carbocycles. The number of likely N-dealkylation sites (tertiary alicyclic amines) is 1. The minimum absolute atomic E-state index is 0.0156. The number of rotatable bonds is 7. The molecule has 1 unspecified atom stereocenters. The van der Waals surface area contributed by atoms with Crippen molar-refractivity contribution in [2.24, 2.45) is 5.92 Å². The van der Waals surface area contributed by atoms with Gasteiger partial charge < -0.3 is 19.3 Å². The van der Waals surface area contributed by atoms with E-state index in [1.807, 2.05) is 30.1 Å². The molecule has 3 heterocycles. The van der Waals surface area contributed by atoms with Gasteiger partial charge in [-0.25, -0.2) is 0 Å². The molecule has 4 rings (SSSR count). The van der Waals surface area contributed by atoms with Crippen LogP contribution in [-0.4, -0.2) is 60.1 Å². The Hall–Kier alpha value is -3.09. The maximum atomic E-state index is 13.0. The topological polar surface area (TPSA) is 72.0 Å². The minimum atomic E-state index is 0.0156. The molecule has 0 N–H and O–H groups in total. The average molecular weight is 424 g/mol. The molecule has 7 heteroatoms. The highest BCUT2D eigenvalue weighted by atomic mass is 16.7. The number of fused-ring (bicyclic) bond motifs is 1. The summed E-state index contributed by atoms with van der Waals surface area (Å²) in [6.07, 6.45) is 5.86. The van der Waals surface area contributed by atoms with Gasteiger partial charge in [0.15, 0.2) is 11.5 Å². The fraction of sp³-hybridized carbons (Fsp3) is 0.458. The zero-order valence-corrected chi connectivity index (χ0v) is 18.0. The van der Waals surface area contributed by atoms with E-state index in [4.69, 9.17) is 9.47 Å². The molecule has 1 atom stereocenters. The maximum Gasteiger partial charge on any atom is 0.254 e. The van der Waals surface area contributed by atoms with Crippen molar-refractivity contribution in [3.8, 4) is 11.5 Å². The largest absolute Gasteiger partial charge is 0.454 e. The first-order valence-electron chi connectivity index (χ1n) is 10.9. The Morgan fingerprint density at radius 3 is 2.90 bits per heavy atom. The second-order valence-corrected chi connectivity index (χ2v) is 8.25. The summed E-state index contributed by atoms with van der Waals surface area (Å²) >= 11 is 0. The number of benzene rings is 1. The number of likely N-dealkylation sites (N-methyl/N-ethyl adjacent to an activating group) is 1. The van der Waals surface area contributed by atoms with Crippen LogP contribution in [0.4, 0.5) is 0 Å². The Balaban J connectivity index is 1.25. The van der Waals surface area contributed by atoms with E-state index in [1.54, 1.807) is 29.3 Å². The fourth-order valence-corrected chi connectivity index (χ4v) is 4.17. The molecule has 2 aliphatic rings. The maximum absolute atomic E-state index is 13.0. The smallest absolute Gasteiger partial charge is 0.254 e. The summed E-state index contributed by atoms with van der Waals surface area (Å²) in [7, 11) is 1.85. The molecular weight excluding hydrogens is 394 g/mol. The van der Waals surface area contributed by atoms with E-state index in [9.17, 15) is 9.59 Å². The molecule has 1 fully saturated rings. The molecule has 2 aliphatic heterocycles. The molecule has 7 nitrogen and oxygen atoms in total. The number of hydrogen-bond donors (Lipinski definition) is 0. The first kappa shape index (κ1) is 21.2. The number of pyridine rings is 1. The van der Waals surface area contributed by atoms with E-state index >= 15 is 0 Å². The van der Waals surface area contributed by atoms with E-state index in [-0.39, 0.29) is 18.6 Å². The van der Waals surface area contributed by atoms with E-state index in [2.05, 4.69) is 4.98 Å². The fourth-order valence-electron chi connectivity index (χ4n) is 4.17. The monoisotopic (exact) mass is 423 g/mol. The molecule has 2 amide bonds. The van der Waals surface area contributed by atoms with Gasteiger partial charge in [0, 0.05) is 57.0 Å². The number of hydrogen-bond acceptors (Lipinski definition) is 5. The van der Waals surface area contributed by atoms with Gasteiger partial charge >= 0.3 is 0 Å². The Labute approximate surface area is 183 Å². The van der Waals surface area contributed by atoms with Crippen molar-refractivity contribution >= 4 is 11.8 Å². The van der Waals surface area contributed by atoms with Crippen LogP contribution in [0.3, 0.4) is 0 Å². The second-order valence-electron chi connectivity index (χ2n) is 8.25. The Bertz CT molecular complexity index is 918. The summed E-state index contributed by atoms with van der Waals surface area (Å²) in [4.78, 5) is 33.5. The number of aromatic nitrogens is 1. The van der Waals surface area contributed by atoms with Crippen molar-refractivity contribution in [2.75, 3.05) is 33.5 Å². The van der Waals surface area contributed by atoms with Gasteiger partial charge in [-0.3, -0.25) is 14.6 Å². The van der Waals surface area contributed by atoms with Gasteiger partial charge in [0.25, 0.3) is 5.91 Å². The number of ether oxygens (including phenoxy) is 2. The van der Waals surface area contributed by atoms with Crippen LogP contribution < -0.4 is 9.47 Å². The third kappa shape index (κ3) is 5.34. The predicted molar refractivity (Wildman–Crippen MR) is 116 cm³/mol. The predicted octanol–water partition coefficient (Wildman–Crippen LogP) is 3.14. The van der Waals surface area contributed by atoms with Crippen molar-refractivity contribution < 1.29 is 19.1 Å². The second kappa shape index (κ2) is 9.81. The highest BCUT2D eigenvalue weighted by Crippen LogP contribution is 2.33. The molecule has 0 spiro atoms. The van der Waals surface area contributed by atoms with Gasteiger partial charge in [-0.05, 0) is 55.5 Å². The number of piperidine rings is 1. The first-order valence-corrected chi connectivity index (χ1v) is 10.9. The molecule has 1 aromatic heterocycles. The van der Waals surface area contributed by atoms with Gasteiger partial charge in [0.2, 0.25) is 12.7 Å². The van der Waals surface area contributed by atoms with Crippen molar-refractivity contribution in [1.82, 2.24) is 14.8 Å². The van der Waals surface area contributed by atoms with Crippen LogP contribution in [0.2, 0.25) is 0 Å². The van der Waals surface area contributed by atoms with Crippen LogP contribution in [0.5, 0.6) is 11.5 Å². The minimum Gasteiger partial charge on any atom is -0.454 e. The van der Waals surface area contributed by atoms with Gasteiger partial charge in [-0.1, -0.05) is 6.07 Å². The van der Waals surface area contributed by atoms with Crippen LogP contribution in [0.25, 0.3) is 0 Å². The lowest BCUT2D eigenvalue weighted by molar-refractivity contribution is -0.130. The SMILES string of the molecule is CN(CCc1ccccn1)C(=O)CCC1CCCN(C(=O)c2ccc3c(c2)OCO3)C1. The third-order valence-electron chi connectivity index (χ3n) is 6.05. The van der Waals surface area contributed by atoms with Crippen LogP contribution in [0.15, 0.2) is 42.6 Å². The van der Waals surface area contributed by atoms with E-state index < -0.39 is 0 Å². The summed E-state index contributed by atoms with van der Waals surface area (Å²) in [5, 5.41) is 0. The standard InChI is InChI=1S/C24H29N3O4/c1-26(14-11-20-6-2-3-12-25-20)23(28)10-7-18-5-4-13-27(16-18)24(29)19-8-9-21-22(15-19)31-17-30-21/h2-3,6,8-9,12,15,18H,4-5,7,10-11,13-14,16-17H2,1H3. The Morgan fingerprint density at radius 2 is 2.06 bits per heavy atom. The van der Waals surface area contributed by atoms with Gasteiger partial charge in [0.1, 0.15) is 0 Å². The molecular formula is C24H29N3O4. The Kier molecular flexibility index (Phi) is 6.70. The van der Waals surface area contributed by atoms with Crippen LogP contribution in [0, 0.1) is 5.92 Å². The van der Waals surface area contributed by atoms with E-state index in [0.717, 1.165) is 37.9 Å².